The molecule has 1 aliphatic heterocycles. The molecule has 1 aliphatic rings. The van der Waals surface area contributed by atoms with E-state index in [1.807, 2.05) is 16.5 Å². The average Bonchev–Trinajstić information content (AvgIpc) is 2.82. The Labute approximate surface area is 102 Å². The predicted octanol–water partition coefficient (Wildman–Crippen LogP) is 2.25. The maximum Gasteiger partial charge on any atom is 0.269 e. The fraction of sp³-hybridized carbons (Fsp3) is 0.182. The van der Waals surface area contributed by atoms with E-state index in [0.717, 1.165) is 5.88 Å². The van der Waals surface area contributed by atoms with Gasteiger partial charge in [0.15, 0.2) is 5.78 Å². The fourth-order valence-electron chi connectivity index (χ4n) is 1.45. The second-order valence-corrected chi connectivity index (χ2v) is 4.42. The average molecular weight is 250 g/mol. The molecule has 0 saturated heterocycles. The first-order valence-electron chi connectivity index (χ1n) is 4.97. The van der Waals surface area contributed by atoms with Gasteiger partial charge in [0.05, 0.1) is 17.3 Å². The molecule has 0 spiro atoms. The number of nitro benzene ring substituents is 1. The summed E-state index contributed by atoms with van der Waals surface area (Å²) in [4.78, 5) is 23.7. The number of thioether (sulfide) groups is 1. The Bertz CT molecular complexity index is 470. The van der Waals surface area contributed by atoms with Crippen molar-refractivity contribution in [3.8, 4) is 0 Å². The number of nitrogens with zero attached hydrogens (tertiary/aromatic N) is 2. The third-order valence-corrected chi connectivity index (χ3v) is 3.15. The molecule has 2 rings (SSSR count). The molecule has 0 atom stereocenters. The number of carbonyl (C=O) groups excluding carboxylic acids is 1. The molecule has 17 heavy (non-hydrogen) atoms. The second kappa shape index (κ2) is 5.01. The van der Waals surface area contributed by atoms with E-state index in [4.69, 9.17) is 0 Å². The summed E-state index contributed by atoms with van der Waals surface area (Å²) >= 11 is 1.63. The van der Waals surface area contributed by atoms with Crippen molar-refractivity contribution in [2.75, 3.05) is 12.4 Å². The van der Waals surface area contributed by atoms with Crippen LogP contribution in [0.15, 0.2) is 35.9 Å². The van der Waals surface area contributed by atoms with Crippen LogP contribution in [-0.4, -0.2) is 28.0 Å². The highest BCUT2D eigenvalue weighted by atomic mass is 32.2. The molecule has 1 aromatic rings. The standard InChI is InChI=1S/C11H10N2O3S/c14-11(7-12-5-6-17-8-12)9-1-3-10(4-2-9)13(15)16/h1-6H,7-8H2. The molecule has 0 aromatic heterocycles. The quantitative estimate of drug-likeness (QED) is 0.466. The molecule has 1 aromatic carbocycles. The van der Waals surface area contributed by atoms with Gasteiger partial charge in [-0.05, 0) is 17.5 Å². The first-order chi connectivity index (χ1) is 8.16. The third kappa shape index (κ3) is 2.85. The van der Waals surface area contributed by atoms with E-state index in [2.05, 4.69) is 0 Å². The summed E-state index contributed by atoms with van der Waals surface area (Å²) < 4.78 is 0. The van der Waals surface area contributed by atoms with Crippen molar-refractivity contribution in [1.29, 1.82) is 0 Å². The van der Waals surface area contributed by atoms with E-state index in [-0.39, 0.29) is 11.5 Å². The van der Waals surface area contributed by atoms with Crippen molar-refractivity contribution in [3.05, 3.63) is 51.6 Å². The minimum absolute atomic E-state index is 0.00169. The van der Waals surface area contributed by atoms with Crippen molar-refractivity contribution < 1.29 is 9.72 Å². The van der Waals surface area contributed by atoms with Gasteiger partial charge in [0.25, 0.3) is 5.69 Å². The Kier molecular flexibility index (Phi) is 3.43. The van der Waals surface area contributed by atoms with Crippen LogP contribution in [0.25, 0.3) is 0 Å². The van der Waals surface area contributed by atoms with Gasteiger partial charge < -0.3 is 4.90 Å². The normalized spacial score (nSPS) is 14.0. The first-order valence-corrected chi connectivity index (χ1v) is 6.01. The Morgan fingerprint density at radius 1 is 1.41 bits per heavy atom. The lowest BCUT2D eigenvalue weighted by molar-refractivity contribution is -0.384. The number of non-ortho nitro benzene ring substituents is 1. The second-order valence-electron chi connectivity index (χ2n) is 3.55. The minimum Gasteiger partial charge on any atom is -0.360 e. The van der Waals surface area contributed by atoms with Gasteiger partial charge in [-0.2, -0.15) is 0 Å². The Morgan fingerprint density at radius 3 is 2.65 bits per heavy atom. The van der Waals surface area contributed by atoms with Gasteiger partial charge in [0, 0.05) is 23.9 Å². The highest BCUT2D eigenvalue weighted by molar-refractivity contribution is 8.02. The number of Topliss-reactive ketones (excluding diaryl/α,β-unsaturated/α-hetero) is 1. The zero-order chi connectivity index (χ0) is 12.3. The lowest BCUT2D eigenvalue weighted by Crippen LogP contribution is -2.22. The van der Waals surface area contributed by atoms with Crippen molar-refractivity contribution in [2.24, 2.45) is 0 Å². The lowest BCUT2D eigenvalue weighted by atomic mass is 10.1. The number of hydrogen-bond acceptors (Lipinski definition) is 5. The van der Waals surface area contributed by atoms with Crippen molar-refractivity contribution in [3.63, 3.8) is 0 Å². The number of hydrogen-bond donors (Lipinski definition) is 0. The maximum absolute atomic E-state index is 11.8. The van der Waals surface area contributed by atoms with Gasteiger partial charge in [0.1, 0.15) is 0 Å². The number of ketones is 1. The molecule has 0 fully saturated rings. The summed E-state index contributed by atoms with van der Waals surface area (Å²) in [7, 11) is 0. The Morgan fingerprint density at radius 2 is 2.12 bits per heavy atom. The summed E-state index contributed by atoms with van der Waals surface area (Å²) in [5.41, 5.74) is 0.499. The van der Waals surface area contributed by atoms with Crippen molar-refractivity contribution in [2.45, 2.75) is 0 Å². The van der Waals surface area contributed by atoms with E-state index in [1.165, 1.54) is 24.3 Å². The van der Waals surface area contributed by atoms with Crippen LogP contribution in [-0.2, 0) is 0 Å². The first kappa shape index (κ1) is 11.7. The highest BCUT2D eigenvalue weighted by Gasteiger charge is 2.13. The van der Waals surface area contributed by atoms with Crippen LogP contribution in [0.1, 0.15) is 10.4 Å². The summed E-state index contributed by atoms with van der Waals surface area (Å²) in [6.07, 6.45) is 1.87. The molecular formula is C11H10N2O3S. The van der Waals surface area contributed by atoms with Gasteiger partial charge in [-0.1, -0.05) is 0 Å². The van der Waals surface area contributed by atoms with E-state index >= 15 is 0 Å². The third-order valence-electron chi connectivity index (χ3n) is 2.36. The Balaban J connectivity index is 2.03. The maximum atomic E-state index is 11.8. The van der Waals surface area contributed by atoms with Crippen LogP contribution in [0, 0.1) is 10.1 Å². The topological polar surface area (TPSA) is 63.5 Å². The molecule has 6 heteroatoms. The summed E-state index contributed by atoms with van der Waals surface area (Å²) in [5.74, 6) is 0.741. The molecular weight excluding hydrogens is 240 g/mol. The largest absolute Gasteiger partial charge is 0.360 e. The van der Waals surface area contributed by atoms with Gasteiger partial charge in [-0.25, -0.2) is 0 Å². The smallest absolute Gasteiger partial charge is 0.269 e. The van der Waals surface area contributed by atoms with Crippen LogP contribution < -0.4 is 0 Å². The van der Waals surface area contributed by atoms with E-state index in [0.29, 0.717) is 12.1 Å². The van der Waals surface area contributed by atoms with Crippen molar-refractivity contribution >= 4 is 23.2 Å². The summed E-state index contributed by atoms with van der Waals surface area (Å²) in [5, 5.41) is 12.4. The number of rotatable bonds is 4. The minimum atomic E-state index is -0.478. The van der Waals surface area contributed by atoms with Gasteiger partial charge in [-0.15, -0.1) is 11.8 Å². The van der Waals surface area contributed by atoms with E-state index in [9.17, 15) is 14.9 Å². The molecule has 0 bridgehead atoms. The van der Waals surface area contributed by atoms with Gasteiger partial charge in [-0.3, -0.25) is 14.9 Å². The molecule has 0 amide bonds. The zero-order valence-corrected chi connectivity index (χ0v) is 9.72. The van der Waals surface area contributed by atoms with E-state index < -0.39 is 4.92 Å². The zero-order valence-electron chi connectivity index (χ0n) is 8.91. The number of benzene rings is 1. The molecule has 0 saturated carbocycles. The molecule has 0 N–H and O–H groups in total. The van der Waals surface area contributed by atoms with Crippen molar-refractivity contribution in [1.82, 2.24) is 4.90 Å². The molecule has 5 nitrogen and oxygen atoms in total. The lowest BCUT2D eigenvalue weighted by Gasteiger charge is -2.12. The SMILES string of the molecule is O=C(CN1C=CSC1)c1ccc([N+](=O)[O-])cc1. The number of carbonyl (C=O) groups is 1. The molecule has 0 aliphatic carbocycles. The van der Waals surface area contributed by atoms with Crippen LogP contribution in [0.3, 0.4) is 0 Å². The monoisotopic (exact) mass is 250 g/mol. The molecule has 1 heterocycles. The Hall–Kier alpha value is -1.82. The molecule has 0 radical (unpaired) electrons. The van der Waals surface area contributed by atoms with E-state index in [1.54, 1.807) is 11.8 Å². The number of nitro groups is 1. The molecule has 0 unspecified atom stereocenters. The highest BCUT2D eigenvalue weighted by Crippen LogP contribution is 2.16. The van der Waals surface area contributed by atoms with Crippen LogP contribution >= 0.6 is 11.8 Å². The fourth-order valence-corrected chi connectivity index (χ4v) is 2.17. The summed E-state index contributed by atoms with van der Waals surface area (Å²) in [6, 6.07) is 5.68. The summed E-state index contributed by atoms with van der Waals surface area (Å²) in [6.45, 7) is 0.307. The van der Waals surface area contributed by atoms with Crippen LogP contribution in [0.4, 0.5) is 5.69 Å². The van der Waals surface area contributed by atoms with Crippen LogP contribution in [0.2, 0.25) is 0 Å². The van der Waals surface area contributed by atoms with Gasteiger partial charge >= 0.3 is 0 Å². The van der Waals surface area contributed by atoms with Crippen LogP contribution in [0.5, 0.6) is 0 Å². The predicted molar refractivity (Wildman–Crippen MR) is 65.7 cm³/mol. The molecule has 88 valence electrons. The van der Waals surface area contributed by atoms with Gasteiger partial charge in [0.2, 0.25) is 0 Å².